The average molecular weight is 308 g/mol. The third-order valence-electron chi connectivity index (χ3n) is 4.04. The number of H-pyrrole nitrogens is 1. The Morgan fingerprint density at radius 2 is 2.14 bits per heavy atom. The van der Waals surface area contributed by atoms with Crippen LogP contribution in [0.4, 0.5) is 4.79 Å². The zero-order chi connectivity index (χ0) is 16.2. The molecule has 0 radical (unpaired) electrons. The number of carbonyl (C=O) groups excluding carboxylic acids is 1. The van der Waals surface area contributed by atoms with Crippen LogP contribution < -0.4 is 5.32 Å². The van der Waals surface area contributed by atoms with E-state index in [4.69, 9.17) is 4.74 Å². The molecule has 2 rings (SSSR count). The van der Waals surface area contributed by atoms with Crippen molar-refractivity contribution in [3.05, 3.63) is 18.2 Å². The minimum absolute atomic E-state index is 0.194. The maximum Gasteiger partial charge on any atom is 0.410 e. The molecular formula is C16H28N4O2. The number of nitrogens with zero attached hydrogens (tertiary/aromatic N) is 2. The minimum atomic E-state index is -0.427. The van der Waals surface area contributed by atoms with Crippen LogP contribution in [0.5, 0.6) is 0 Å². The average Bonchev–Trinajstić information content (AvgIpc) is 2.90. The third-order valence-corrected chi connectivity index (χ3v) is 4.04. The summed E-state index contributed by atoms with van der Waals surface area (Å²) < 4.78 is 5.44. The van der Waals surface area contributed by atoms with Crippen molar-refractivity contribution in [2.75, 3.05) is 19.6 Å². The predicted octanol–water partition coefficient (Wildman–Crippen LogP) is 2.54. The summed E-state index contributed by atoms with van der Waals surface area (Å²) in [6.45, 7) is 11.2. The molecule has 0 bridgehead atoms. The summed E-state index contributed by atoms with van der Waals surface area (Å²) in [6, 6.07) is 0. The van der Waals surface area contributed by atoms with E-state index in [9.17, 15) is 4.79 Å². The van der Waals surface area contributed by atoms with Crippen molar-refractivity contribution in [3.63, 3.8) is 0 Å². The third kappa shape index (κ3) is 5.02. The molecule has 0 atom stereocenters. The van der Waals surface area contributed by atoms with E-state index in [0.29, 0.717) is 0 Å². The molecule has 0 aromatic carbocycles. The molecule has 0 spiro atoms. The number of piperidine rings is 1. The highest BCUT2D eigenvalue weighted by Crippen LogP contribution is 2.30. The number of nitrogens with one attached hydrogen (secondary N) is 2. The molecular weight excluding hydrogens is 280 g/mol. The van der Waals surface area contributed by atoms with E-state index < -0.39 is 5.60 Å². The summed E-state index contributed by atoms with van der Waals surface area (Å²) >= 11 is 0. The Morgan fingerprint density at radius 3 is 2.68 bits per heavy atom. The maximum atomic E-state index is 12.1. The van der Waals surface area contributed by atoms with Gasteiger partial charge in [-0.1, -0.05) is 6.92 Å². The van der Waals surface area contributed by atoms with Crippen LogP contribution in [0.3, 0.4) is 0 Å². The molecule has 0 saturated carbocycles. The molecule has 6 nitrogen and oxygen atoms in total. The van der Waals surface area contributed by atoms with Gasteiger partial charge in [-0.05, 0) is 39.0 Å². The van der Waals surface area contributed by atoms with Gasteiger partial charge in [0, 0.05) is 38.1 Å². The first kappa shape index (κ1) is 16.8. The lowest BCUT2D eigenvalue weighted by Gasteiger charge is -2.39. The van der Waals surface area contributed by atoms with Gasteiger partial charge in [-0.25, -0.2) is 9.78 Å². The van der Waals surface area contributed by atoms with E-state index in [-0.39, 0.29) is 11.5 Å². The molecule has 1 aromatic rings. The highest BCUT2D eigenvalue weighted by atomic mass is 16.6. The van der Waals surface area contributed by atoms with Crippen molar-refractivity contribution < 1.29 is 9.53 Å². The predicted molar refractivity (Wildman–Crippen MR) is 85.4 cm³/mol. The highest BCUT2D eigenvalue weighted by Gasteiger charge is 2.33. The monoisotopic (exact) mass is 308 g/mol. The van der Waals surface area contributed by atoms with Crippen molar-refractivity contribution in [3.8, 4) is 0 Å². The Hall–Kier alpha value is -1.56. The Morgan fingerprint density at radius 1 is 1.45 bits per heavy atom. The number of aromatic amines is 1. The minimum Gasteiger partial charge on any atom is -0.444 e. The first-order valence-electron chi connectivity index (χ1n) is 7.93. The summed E-state index contributed by atoms with van der Waals surface area (Å²) in [6.07, 6.45) is 5.31. The second-order valence-corrected chi connectivity index (χ2v) is 7.46. The lowest BCUT2D eigenvalue weighted by molar-refractivity contribution is 0.0119. The Kier molecular flexibility index (Phi) is 5.11. The van der Waals surface area contributed by atoms with Crippen LogP contribution in [0.25, 0.3) is 0 Å². The van der Waals surface area contributed by atoms with E-state index in [0.717, 1.165) is 44.7 Å². The second kappa shape index (κ2) is 6.69. The molecule has 1 saturated heterocycles. The van der Waals surface area contributed by atoms with Crippen molar-refractivity contribution in [2.24, 2.45) is 5.41 Å². The van der Waals surface area contributed by atoms with Crippen molar-refractivity contribution in [1.82, 2.24) is 20.2 Å². The molecule has 0 unspecified atom stereocenters. The smallest absolute Gasteiger partial charge is 0.410 e. The largest absolute Gasteiger partial charge is 0.444 e. The maximum absolute atomic E-state index is 12.1. The first-order chi connectivity index (χ1) is 10.3. The number of aromatic nitrogens is 2. The van der Waals surface area contributed by atoms with Crippen LogP contribution >= 0.6 is 0 Å². The molecule has 1 amide bonds. The van der Waals surface area contributed by atoms with E-state index >= 15 is 0 Å². The number of carbonyl (C=O) groups is 1. The topological polar surface area (TPSA) is 70.2 Å². The van der Waals surface area contributed by atoms with Gasteiger partial charge in [-0.3, -0.25) is 0 Å². The van der Waals surface area contributed by atoms with E-state index in [1.165, 1.54) is 0 Å². The van der Waals surface area contributed by atoms with Gasteiger partial charge < -0.3 is 19.9 Å². The number of imidazole rings is 1. The Balaban J connectivity index is 1.74. The van der Waals surface area contributed by atoms with Crippen LogP contribution in [0.2, 0.25) is 0 Å². The molecule has 2 N–H and O–H groups in total. The van der Waals surface area contributed by atoms with E-state index in [1.54, 1.807) is 6.33 Å². The van der Waals surface area contributed by atoms with Crippen molar-refractivity contribution >= 4 is 6.09 Å². The quantitative estimate of drug-likeness (QED) is 0.897. The van der Waals surface area contributed by atoms with Crippen molar-refractivity contribution in [1.29, 1.82) is 0 Å². The number of amides is 1. The van der Waals surface area contributed by atoms with Crippen LogP contribution in [-0.4, -0.2) is 46.2 Å². The van der Waals surface area contributed by atoms with Crippen LogP contribution in [0, 0.1) is 5.41 Å². The lowest BCUT2D eigenvalue weighted by Crippen LogP contribution is -2.47. The number of likely N-dealkylation sites (tertiary alicyclic amines) is 1. The zero-order valence-corrected chi connectivity index (χ0v) is 14.1. The van der Waals surface area contributed by atoms with Gasteiger partial charge in [0.05, 0.1) is 6.33 Å². The molecule has 0 aliphatic carbocycles. The van der Waals surface area contributed by atoms with E-state index in [2.05, 4.69) is 22.2 Å². The molecule has 22 heavy (non-hydrogen) atoms. The first-order valence-corrected chi connectivity index (χ1v) is 7.93. The van der Waals surface area contributed by atoms with Crippen LogP contribution in [0.15, 0.2) is 12.5 Å². The van der Waals surface area contributed by atoms with Crippen LogP contribution in [0.1, 0.15) is 46.2 Å². The molecule has 1 aromatic heterocycles. The number of rotatable bonds is 4. The van der Waals surface area contributed by atoms with Gasteiger partial charge in [0.25, 0.3) is 0 Å². The van der Waals surface area contributed by atoms with Gasteiger partial charge >= 0.3 is 6.09 Å². The Bertz CT molecular complexity index is 471. The van der Waals surface area contributed by atoms with E-state index in [1.807, 2.05) is 31.9 Å². The molecule has 1 aliphatic rings. The summed E-state index contributed by atoms with van der Waals surface area (Å²) in [5.41, 5.74) is 0.886. The van der Waals surface area contributed by atoms with Gasteiger partial charge in [-0.15, -0.1) is 0 Å². The standard InChI is InChI=1S/C16H28N4O2/c1-15(2,3)22-14(21)20-7-5-16(4,6-8-20)11-17-9-13-10-18-12-19-13/h10,12,17H,5-9,11H2,1-4H3,(H,18,19). The fourth-order valence-electron chi connectivity index (χ4n) is 2.61. The summed E-state index contributed by atoms with van der Waals surface area (Å²) in [7, 11) is 0. The zero-order valence-electron chi connectivity index (χ0n) is 14.1. The van der Waals surface area contributed by atoms with Gasteiger partial charge in [0.1, 0.15) is 5.60 Å². The fourth-order valence-corrected chi connectivity index (χ4v) is 2.61. The number of ether oxygens (including phenoxy) is 1. The molecule has 124 valence electrons. The van der Waals surface area contributed by atoms with Gasteiger partial charge in [0.2, 0.25) is 0 Å². The summed E-state index contributed by atoms with van der Waals surface area (Å²) in [4.78, 5) is 21.0. The van der Waals surface area contributed by atoms with Crippen molar-refractivity contribution in [2.45, 2.75) is 52.7 Å². The molecule has 6 heteroatoms. The SMILES string of the molecule is CC1(CNCc2cnc[nH]2)CCN(C(=O)OC(C)(C)C)CC1. The summed E-state index contributed by atoms with van der Waals surface area (Å²) in [5.74, 6) is 0. The van der Waals surface area contributed by atoms with Gasteiger partial charge in [0.15, 0.2) is 0 Å². The molecule has 1 fully saturated rings. The lowest BCUT2D eigenvalue weighted by atomic mass is 9.80. The number of hydrogen-bond acceptors (Lipinski definition) is 4. The fraction of sp³-hybridized carbons (Fsp3) is 0.750. The normalized spacial score (nSPS) is 18.3. The second-order valence-electron chi connectivity index (χ2n) is 7.46. The molecule has 2 heterocycles. The Labute approximate surface area is 132 Å². The van der Waals surface area contributed by atoms with Crippen LogP contribution in [-0.2, 0) is 11.3 Å². The highest BCUT2D eigenvalue weighted by molar-refractivity contribution is 5.68. The molecule has 1 aliphatic heterocycles. The summed E-state index contributed by atoms with van der Waals surface area (Å²) in [5, 5.41) is 3.47. The van der Waals surface area contributed by atoms with Gasteiger partial charge in [-0.2, -0.15) is 0 Å². The number of hydrogen-bond donors (Lipinski definition) is 2.